The fourth-order valence-electron chi connectivity index (χ4n) is 4.53. The Hall–Kier alpha value is -4.07. The standard InChI is InChI=1S/C27H26FN5O2/c28-22-12-5-4-10-20(22)16-30-26(34)21-11-7-15-32(18-21)25-27(35)33(17-19-8-2-1-3-9-19)24-23(31-25)13-6-14-29-24/h1-6,8-10,12-14,21H,7,11,15-18H2,(H,30,34)/t21-/m0/s1. The molecule has 5 rings (SSSR count). The first-order chi connectivity index (χ1) is 17.1. The molecule has 8 heteroatoms. The fraction of sp³-hybridized carbons (Fsp3) is 0.259. The summed E-state index contributed by atoms with van der Waals surface area (Å²) in [7, 11) is 0. The lowest BCUT2D eigenvalue weighted by Gasteiger charge is -2.32. The van der Waals surface area contributed by atoms with Crippen molar-refractivity contribution in [2.45, 2.75) is 25.9 Å². The van der Waals surface area contributed by atoms with E-state index in [-0.39, 0.29) is 29.7 Å². The van der Waals surface area contributed by atoms with Gasteiger partial charge in [0.25, 0.3) is 5.56 Å². The molecule has 1 aliphatic heterocycles. The number of fused-ring (bicyclic) bond motifs is 1. The number of benzene rings is 2. The fourth-order valence-corrected chi connectivity index (χ4v) is 4.53. The van der Waals surface area contributed by atoms with E-state index in [2.05, 4.69) is 15.3 Å². The average molecular weight is 472 g/mol. The SMILES string of the molecule is O=C(NCc1ccccc1F)[C@H]1CCCN(c2nc3cccnc3n(Cc3ccccc3)c2=O)C1. The van der Waals surface area contributed by atoms with Crippen LogP contribution >= 0.6 is 0 Å². The van der Waals surface area contributed by atoms with E-state index in [1.165, 1.54) is 6.07 Å². The smallest absolute Gasteiger partial charge is 0.295 e. The van der Waals surface area contributed by atoms with Crippen molar-refractivity contribution in [2.75, 3.05) is 18.0 Å². The van der Waals surface area contributed by atoms with E-state index in [0.717, 1.165) is 12.0 Å². The highest BCUT2D eigenvalue weighted by Crippen LogP contribution is 2.22. The first-order valence-corrected chi connectivity index (χ1v) is 11.8. The highest BCUT2D eigenvalue weighted by molar-refractivity contribution is 5.79. The molecule has 1 saturated heterocycles. The van der Waals surface area contributed by atoms with Gasteiger partial charge in [0, 0.05) is 31.4 Å². The van der Waals surface area contributed by atoms with Crippen molar-refractivity contribution in [3.8, 4) is 0 Å². The molecule has 1 amide bonds. The Morgan fingerprint density at radius 1 is 1.06 bits per heavy atom. The van der Waals surface area contributed by atoms with Crippen LogP contribution in [0.4, 0.5) is 10.2 Å². The number of hydrogen-bond donors (Lipinski definition) is 1. The largest absolute Gasteiger partial charge is 0.352 e. The van der Waals surface area contributed by atoms with Gasteiger partial charge in [0.1, 0.15) is 11.3 Å². The van der Waals surface area contributed by atoms with Crippen LogP contribution < -0.4 is 15.8 Å². The molecule has 1 atom stereocenters. The Morgan fingerprint density at radius 2 is 1.86 bits per heavy atom. The Morgan fingerprint density at radius 3 is 2.69 bits per heavy atom. The van der Waals surface area contributed by atoms with E-state index < -0.39 is 0 Å². The lowest BCUT2D eigenvalue weighted by Crippen LogP contribution is -2.45. The number of anilines is 1. The lowest BCUT2D eigenvalue weighted by molar-refractivity contribution is -0.125. The molecule has 0 bridgehead atoms. The van der Waals surface area contributed by atoms with Gasteiger partial charge in [0.15, 0.2) is 11.5 Å². The van der Waals surface area contributed by atoms with Gasteiger partial charge in [-0.15, -0.1) is 0 Å². The molecule has 3 heterocycles. The molecule has 4 aromatic rings. The number of hydrogen-bond acceptors (Lipinski definition) is 5. The Bertz CT molecular complexity index is 1410. The van der Waals surface area contributed by atoms with Crippen molar-refractivity contribution < 1.29 is 9.18 Å². The molecule has 0 unspecified atom stereocenters. The molecule has 7 nitrogen and oxygen atoms in total. The first kappa shape index (κ1) is 22.7. The highest BCUT2D eigenvalue weighted by atomic mass is 19.1. The summed E-state index contributed by atoms with van der Waals surface area (Å²) in [4.78, 5) is 37.4. The van der Waals surface area contributed by atoms with Gasteiger partial charge in [-0.1, -0.05) is 48.5 Å². The molecular weight excluding hydrogens is 445 g/mol. The molecule has 0 radical (unpaired) electrons. The second kappa shape index (κ2) is 10.0. The van der Waals surface area contributed by atoms with Gasteiger partial charge < -0.3 is 10.2 Å². The topological polar surface area (TPSA) is 80.1 Å². The third-order valence-electron chi connectivity index (χ3n) is 6.37. The molecule has 0 aliphatic carbocycles. The molecule has 35 heavy (non-hydrogen) atoms. The maximum Gasteiger partial charge on any atom is 0.295 e. The van der Waals surface area contributed by atoms with Gasteiger partial charge >= 0.3 is 0 Å². The minimum Gasteiger partial charge on any atom is -0.352 e. The number of nitrogens with one attached hydrogen (secondary N) is 1. The molecule has 2 aromatic carbocycles. The van der Waals surface area contributed by atoms with Crippen LogP contribution in [-0.4, -0.2) is 33.5 Å². The Kier molecular flexibility index (Phi) is 6.52. The van der Waals surface area contributed by atoms with E-state index in [4.69, 9.17) is 0 Å². The van der Waals surface area contributed by atoms with Gasteiger partial charge in [-0.25, -0.2) is 14.4 Å². The summed E-state index contributed by atoms with van der Waals surface area (Å²) >= 11 is 0. The summed E-state index contributed by atoms with van der Waals surface area (Å²) in [5, 5.41) is 2.85. The second-order valence-electron chi connectivity index (χ2n) is 8.75. The third kappa shape index (κ3) is 4.91. The van der Waals surface area contributed by atoms with E-state index in [1.54, 1.807) is 35.0 Å². The van der Waals surface area contributed by atoms with Gasteiger partial charge in [0.05, 0.1) is 12.5 Å². The van der Waals surface area contributed by atoms with Crippen LogP contribution in [0.15, 0.2) is 77.7 Å². The van der Waals surface area contributed by atoms with E-state index in [0.29, 0.717) is 48.6 Å². The normalized spacial score (nSPS) is 15.8. The van der Waals surface area contributed by atoms with E-state index >= 15 is 0 Å². The third-order valence-corrected chi connectivity index (χ3v) is 6.37. The summed E-state index contributed by atoms with van der Waals surface area (Å²) in [6.07, 6.45) is 3.11. The molecule has 2 aromatic heterocycles. The van der Waals surface area contributed by atoms with Crippen LogP contribution in [0, 0.1) is 11.7 Å². The van der Waals surface area contributed by atoms with Crippen LogP contribution in [0.3, 0.4) is 0 Å². The van der Waals surface area contributed by atoms with Crippen molar-refractivity contribution >= 4 is 22.9 Å². The zero-order valence-corrected chi connectivity index (χ0v) is 19.2. The highest BCUT2D eigenvalue weighted by Gasteiger charge is 2.29. The monoisotopic (exact) mass is 471 g/mol. The number of piperidine rings is 1. The molecule has 1 N–H and O–H groups in total. The zero-order chi connectivity index (χ0) is 24.2. The van der Waals surface area contributed by atoms with Crippen LogP contribution in [0.2, 0.25) is 0 Å². The summed E-state index contributed by atoms with van der Waals surface area (Å²) in [5.74, 6) is -0.479. The predicted molar refractivity (Wildman–Crippen MR) is 133 cm³/mol. The number of carbonyl (C=O) groups excluding carboxylic acids is 1. The van der Waals surface area contributed by atoms with Crippen LogP contribution in [0.1, 0.15) is 24.0 Å². The summed E-state index contributed by atoms with van der Waals surface area (Å²) < 4.78 is 15.6. The van der Waals surface area contributed by atoms with Gasteiger partial charge in [-0.05, 0) is 36.6 Å². The van der Waals surface area contributed by atoms with Gasteiger partial charge in [-0.3, -0.25) is 14.2 Å². The van der Waals surface area contributed by atoms with E-state index in [1.807, 2.05) is 41.3 Å². The molecule has 1 fully saturated rings. The quantitative estimate of drug-likeness (QED) is 0.466. The molecule has 0 saturated carbocycles. The lowest BCUT2D eigenvalue weighted by atomic mass is 9.97. The Labute approximate surface area is 202 Å². The maximum atomic E-state index is 13.9. The number of aromatic nitrogens is 3. The molecular formula is C27H26FN5O2. The summed E-state index contributed by atoms with van der Waals surface area (Å²) in [6, 6.07) is 19.8. The van der Waals surface area contributed by atoms with Crippen molar-refractivity contribution in [3.63, 3.8) is 0 Å². The van der Waals surface area contributed by atoms with Crippen molar-refractivity contribution in [1.29, 1.82) is 0 Å². The minimum atomic E-state index is -0.342. The van der Waals surface area contributed by atoms with Crippen LogP contribution in [0.25, 0.3) is 11.2 Å². The minimum absolute atomic E-state index is 0.131. The zero-order valence-electron chi connectivity index (χ0n) is 19.2. The molecule has 0 spiro atoms. The van der Waals surface area contributed by atoms with Crippen molar-refractivity contribution in [2.24, 2.45) is 5.92 Å². The first-order valence-electron chi connectivity index (χ1n) is 11.8. The number of carbonyl (C=O) groups is 1. The average Bonchev–Trinajstić information content (AvgIpc) is 2.90. The number of rotatable bonds is 6. The summed E-state index contributed by atoms with van der Waals surface area (Å²) in [5.41, 5.74) is 2.36. The second-order valence-corrected chi connectivity index (χ2v) is 8.75. The maximum absolute atomic E-state index is 13.9. The Balaban J connectivity index is 1.39. The van der Waals surface area contributed by atoms with Gasteiger partial charge in [-0.2, -0.15) is 0 Å². The number of halogens is 1. The van der Waals surface area contributed by atoms with Crippen molar-refractivity contribution in [3.05, 3.63) is 100 Å². The van der Waals surface area contributed by atoms with Crippen molar-refractivity contribution in [1.82, 2.24) is 19.9 Å². The van der Waals surface area contributed by atoms with Crippen LogP contribution in [-0.2, 0) is 17.9 Å². The van der Waals surface area contributed by atoms with E-state index in [9.17, 15) is 14.0 Å². The molecule has 1 aliphatic rings. The number of pyridine rings is 1. The summed E-state index contributed by atoms with van der Waals surface area (Å²) in [6.45, 7) is 1.52. The predicted octanol–water partition coefficient (Wildman–Crippen LogP) is 3.51. The van der Waals surface area contributed by atoms with Crippen LogP contribution in [0.5, 0.6) is 0 Å². The number of amides is 1. The van der Waals surface area contributed by atoms with Gasteiger partial charge in [0.2, 0.25) is 5.91 Å². The number of nitrogens with zero attached hydrogens (tertiary/aromatic N) is 4. The molecule has 178 valence electrons.